The first kappa shape index (κ1) is 21.4. The van der Waals surface area contributed by atoms with Crippen molar-refractivity contribution in [2.24, 2.45) is 5.73 Å². The summed E-state index contributed by atoms with van der Waals surface area (Å²) in [5, 5.41) is 13.8. The monoisotopic (exact) mass is 437 g/mol. The molecule has 1 aliphatic carbocycles. The van der Waals surface area contributed by atoms with Gasteiger partial charge < -0.3 is 10.3 Å². The van der Waals surface area contributed by atoms with Crippen LogP contribution in [0.5, 0.6) is 0 Å². The number of primary amides is 1. The summed E-state index contributed by atoms with van der Waals surface area (Å²) in [5.74, 6) is 0.486. The molecule has 3 N–H and O–H groups in total. The lowest BCUT2D eigenvalue weighted by Gasteiger charge is -2.26. The fourth-order valence-corrected chi connectivity index (χ4v) is 5.20. The number of amides is 3. The van der Waals surface area contributed by atoms with E-state index in [1.807, 2.05) is 6.07 Å². The summed E-state index contributed by atoms with van der Waals surface area (Å²) in [4.78, 5) is 23.2. The van der Waals surface area contributed by atoms with E-state index in [1.165, 1.54) is 47.4 Å². The van der Waals surface area contributed by atoms with Gasteiger partial charge in [-0.3, -0.25) is 10.1 Å². The Hall–Kier alpha value is -2.87. The molecule has 3 amide bonds. The van der Waals surface area contributed by atoms with E-state index in [1.54, 1.807) is 6.92 Å². The number of rotatable bonds is 6. The van der Waals surface area contributed by atoms with Gasteiger partial charge in [0.1, 0.15) is 5.82 Å². The molecule has 0 unspecified atom stereocenters. The molecule has 4 rings (SSSR count). The van der Waals surface area contributed by atoms with E-state index in [4.69, 9.17) is 5.73 Å². The van der Waals surface area contributed by atoms with E-state index >= 15 is 0 Å². The van der Waals surface area contributed by atoms with Crippen molar-refractivity contribution >= 4 is 34.5 Å². The lowest BCUT2D eigenvalue weighted by Crippen LogP contribution is -2.39. The van der Waals surface area contributed by atoms with Crippen LogP contribution in [0, 0.1) is 0 Å². The van der Waals surface area contributed by atoms with Gasteiger partial charge in [-0.15, -0.1) is 10.2 Å². The zero-order valence-electron chi connectivity index (χ0n) is 17.6. The number of carbonyl (C=O) groups is 2. The van der Waals surface area contributed by atoms with Gasteiger partial charge in [0.15, 0.2) is 5.16 Å². The average Bonchev–Trinajstić information content (AvgIpc) is 3.16. The number of nitrogens with two attached hydrogens (primary N) is 1. The minimum Gasteiger partial charge on any atom is -0.351 e. The van der Waals surface area contributed by atoms with Crippen LogP contribution in [0.25, 0.3) is 10.8 Å². The molecule has 1 heterocycles. The topological polar surface area (TPSA) is 103 Å². The molecule has 0 saturated heterocycles. The van der Waals surface area contributed by atoms with E-state index in [-0.39, 0.29) is 0 Å². The summed E-state index contributed by atoms with van der Waals surface area (Å²) in [7, 11) is 0. The van der Waals surface area contributed by atoms with E-state index in [9.17, 15) is 9.59 Å². The van der Waals surface area contributed by atoms with E-state index < -0.39 is 17.2 Å². The SMILES string of the molecule is C[C@@H](Sc1nnc(Cc2cccc3ccccc23)n1C1CCCCC1)C(=O)NC(N)=O. The minimum atomic E-state index is -0.845. The molecule has 1 atom stereocenters. The second kappa shape index (κ2) is 9.51. The average molecular weight is 438 g/mol. The Morgan fingerprint density at radius 2 is 1.87 bits per heavy atom. The van der Waals surface area contributed by atoms with Gasteiger partial charge in [0.25, 0.3) is 0 Å². The molecule has 0 bridgehead atoms. The Labute approximate surface area is 185 Å². The number of hydrogen-bond acceptors (Lipinski definition) is 5. The van der Waals surface area contributed by atoms with E-state index in [2.05, 4.69) is 56.5 Å². The first-order valence-corrected chi connectivity index (χ1v) is 11.6. The van der Waals surface area contributed by atoms with Crippen LogP contribution in [0.1, 0.15) is 56.5 Å². The molecule has 0 spiro atoms. The number of benzene rings is 2. The maximum Gasteiger partial charge on any atom is 0.318 e. The quantitative estimate of drug-likeness (QED) is 0.563. The summed E-state index contributed by atoms with van der Waals surface area (Å²) in [6.45, 7) is 1.74. The third-order valence-electron chi connectivity index (χ3n) is 5.80. The molecule has 1 fully saturated rings. The first-order chi connectivity index (χ1) is 15.0. The molecule has 1 aliphatic rings. The number of aromatic nitrogens is 3. The van der Waals surface area contributed by atoms with Gasteiger partial charge in [-0.1, -0.05) is 73.5 Å². The van der Waals surface area contributed by atoms with Crippen LogP contribution in [0.2, 0.25) is 0 Å². The number of imide groups is 1. The molecule has 31 heavy (non-hydrogen) atoms. The Morgan fingerprint density at radius 1 is 1.13 bits per heavy atom. The van der Waals surface area contributed by atoms with Crippen molar-refractivity contribution in [3.8, 4) is 0 Å². The molecule has 0 aliphatic heterocycles. The van der Waals surface area contributed by atoms with Crippen LogP contribution in [0.15, 0.2) is 47.6 Å². The van der Waals surface area contributed by atoms with Gasteiger partial charge in [0.05, 0.1) is 5.25 Å². The van der Waals surface area contributed by atoms with E-state index in [0.717, 1.165) is 18.7 Å². The number of nitrogens with zero attached hydrogens (tertiary/aromatic N) is 3. The molecule has 2 aromatic carbocycles. The number of thioether (sulfide) groups is 1. The summed E-state index contributed by atoms with van der Waals surface area (Å²) >= 11 is 1.32. The van der Waals surface area contributed by atoms with Crippen molar-refractivity contribution in [3.63, 3.8) is 0 Å². The lowest BCUT2D eigenvalue weighted by atomic mass is 9.95. The molecule has 3 aromatic rings. The fraction of sp³-hybridized carbons (Fsp3) is 0.391. The van der Waals surface area contributed by atoms with Crippen molar-refractivity contribution in [2.45, 2.75) is 61.9 Å². The summed E-state index contributed by atoms with van der Waals surface area (Å²) in [6.07, 6.45) is 6.44. The van der Waals surface area contributed by atoms with Crippen LogP contribution in [-0.2, 0) is 11.2 Å². The molecule has 1 saturated carbocycles. The highest BCUT2D eigenvalue weighted by molar-refractivity contribution is 8.00. The molecule has 0 radical (unpaired) electrons. The predicted molar refractivity (Wildman–Crippen MR) is 122 cm³/mol. The van der Waals surface area contributed by atoms with Crippen LogP contribution >= 0.6 is 11.8 Å². The van der Waals surface area contributed by atoms with Gasteiger partial charge in [-0.25, -0.2) is 4.79 Å². The van der Waals surface area contributed by atoms with Gasteiger partial charge in [-0.05, 0) is 36.1 Å². The Bertz CT molecular complexity index is 1090. The van der Waals surface area contributed by atoms with Crippen molar-refractivity contribution < 1.29 is 9.59 Å². The highest BCUT2D eigenvalue weighted by atomic mass is 32.2. The Morgan fingerprint density at radius 3 is 2.65 bits per heavy atom. The highest BCUT2D eigenvalue weighted by Crippen LogP contribution is 2.35. The molecule has 7 nitrogen and oxygen atoms in total. The zero-order chi connectivity index (χ0) is 21.8. The molecular weight excluding hydrogens is 410 g/mol. The fourth-order valence-electron chi connectivity index (χ4n) is 4.27. The summed E-state index contributed by atoms with van der Waals surface area (Å²) in [5.41, 5.74) is 6.30. The lowest BCUT2D eigenvalue weighted by molar-refractivity contribution is -0.119. The smallest absolute Gasteiger partial charge is 0.318 e. The Balaban J connectivity index is 1.66. The summed E-state index contributed by atoms with van der Waals surface area (Å²) < 4.78 is 2.22. The van der Waals surface area contributed by atoms with Gasteiger partial charge >= 0.3 is 6.03 Å². The van der Waals surface area contributed by atoms with Crippen LogP contribution in [0.4, 0.5) is 4.79 Å². The second-order valence-electron chi connectivity index (χ2n) is 7.99. The van der Waals surface area contributed by atoms with Crippen LogP contribution in [-0.4, -0.2) is 32.0 Å². The van der Waals surface area contributed by atoms with Gasteiger partial charge in [0, 0.05) is 12.5 Å². The Kier molecular flexibility index (Phi) is 6.56. The largest absolute Gasteiger partial charge is 0.351 e. The van der Waals surface area contributed by atoms with Crippen molar-refractivity contribution in [1.82, 2.24) is 20.1 Å². The van der Waals surface area contributed by atoms with Crippen LogP contribution < -0.4 is 11.1 Å². The van der Waals surface area contributed by atoms with Gasteiger partial charge in [0.2, 0.25) is 5.91 Å². The normalized spacial score (nSPS) is 15.6. The van der Waals surface area contributed by atoms with Crippen LogP contribution in [0.3, 0.4) is 0 Å². The van der Waals surface area contributed by atoms with Crippen molar-refractivity contribution in [3.05, 3.63) is 53.9 Å². The number of nitrogens with one attached hydrogen (secondary N) is 1. The highest BCUT2D eigenvalue weighted by Gasteiger charge is 2.26. The van der Waals surface area contributed by atoms with Crippen molar-refractivity contribution in [1.29, 1.82) is 0 Å². The standard InChI is InChI=1S/C23H27N5O2S/c1-15(21(29)25-22(24)30)31-23-27-26-20(28(23)18-11-3-2-4-12-18)14-17-10-7-9-16-8-5-6-13-19(16)17/h5-10,13,15,18H,2-4,11-12,14H2,1H3,(H3,24,25,29,30)/t15-/m1/s1. The predicted octanol–water partition coefficient (Wildman–Crippen LogP) is 4.20. The minimum absolute atomic E-state index is 0.322. The third-order valence-corrected chi connectivity index (χ3v) is 6.86. The first-order valence-electron chi connectivity index (χ1n) is 10.7. The van der Waals surface area contributed by atoms with Crippen molar-refractivity contribution in [2.75, 3.05) is 0 Å². The summed E-state index contributed by atoms with van der Waals surface area (Å²) in [6, 6.07) is 14.2. The van der Waals surface area contributed by atoms with Gasteiger partial charge in [-0.2, -0.15) is 0 Å². The van der Waals surface area contributed by atoms with E-state index in [0.29, 0.717) is 17.6 Å². The number of urea groups is 1. The maximum absolute atomic E-state index is 12.2. The molecule has 1 aromatic heterocycles. The molecule has 8 heteroatoms. The number of fused-ring (bicyclic) bond motifs is 1. The maximum atomic E-state index is 12.2. The number of carbonyl (C=O) groups excluding carboxylic acids is 2. The second-order valence-corrected chi connectivity index (χ2v) is 9.30. The molecule has 162 valence electrons. The number of hydrogen-bond donors (Lipinski definition) is 2. The molecular formula is C23H27N5O2S. The zero-order valence-corrected chi connectivity index (χ0v) is 18.4. The third kappa shape index (κ3) is 4.90.